The van der Waals surface area contributed by atoms with E-state index in [1.807, 2.05) is 0 Å². The van der Waals surface area contributed by atoms with Gasteiger partial charge in [-0.15, -0.1) is 0 Å². The second-order valence-electron chi connectivity index (χ2n) is 14.8. The molecule has 5 rings (SSSR count). The molecule has 4 fully saturated rings. The number of rotatable bonds is 3. The van der Waals surface area contributed by atoms with Gasteiger partial charge in [0.15, 0.2) is 0 Å². The van der Waals surface area contributed by atoms with Gasteiger partial charge in [-0.1, -0.05) is 46.3 Å². The zero-order valence-electron chi connectivity index (χ0n) is 22.6. The van der Waals surface area contributed by atoms with E-state index in [4.69, 9.17) is 0 Å². The summed E-state index contributed by atoms with van der Waals surface area (Å²) >= 11 is 0. The number of allylic oxidation sites excluding steroid dienone is 2. The highest BCUT2D eigenvalue weighted by molar-refractivity contribution is 5.76. The molecule has 0 spiro atoms. The summed E-state index contributed by atoms with van der Waals surface area (Å²) in [7, 11) is 0. The molecule has 0 saturated heterocycles. The molecule has 0 aromatic rings. The van der Waals surface area contributed by atoms with Crippen LogP contribution in [0.1, 0.15) is 98.8 Å². The van der Waals surface area contributed by atoms with Crippen molar-refractivity contribution in [2.45, 2.75) is 105 Å². The number of hydrogen-bond acceptors (Lipinski definition) is 4. The first-order chi connectivity index (χ1) is 16.3. The van der Waals surface area contributed by atoms with Crippen LogP contribution in [0.5, 0.6) is 0 Å². The van der Waals surface area contributed by atoms with E-state index in [2.05, 4.69) is 40.7 Å². The van der Waals surface area contributed by atoms with E-state index in [0.717, 1.165) is 57.8 Å². The molecule has 5 aliphatic rings. The van der Waals surface area contributed by atoms with Crippen LogP contribution in [0.4, 0.5) is 0 Å². The molecule has 0 aromatic heterocycles. The average Bonchev–Trinajstić information content (AvgIpc) is 2.80. The third-order valence-electron chi connectivity index (χ3n) is 13.2. The Morgan fingerprint density at radius 3 is 2.20 bits per heavy atom. The van der Waals surface area contributed by atoms with Gasteiger partial charge in [-0.2, -0.15) is 0 Å². The summed E-state index contributed by atoms with van der Waals surface area (Å²) in [5.41, 5.74) is 0.0411. The van der Waals surface area contributed by atoms with Crippen molar-refractivity contribution >= 4 is 5.97 Å². The first kappa shape index (κ1) is 25.7. The lowest BCUT2D eigenvalue weighted by Crippen LogP contribution is -2.67. The van der Waals surface area contributed by atoms with Gasteiger partial charge >= 0.3 is 5.97 Å². The predicted molar refractivity (Wildman–Crippen MR) is 136 cm³/mol. The van der Waals surface area contributed by atoms with Crippen LogP contribution in [-0.2, 0) is 4.79 Å². The number of carboxylic acids is 1. The minimum Gasteiger partial charge on any atom is -0.481 e. The molecular weight excluding hydrogens is 440 g/mol. The van der Waals surface area contributed by atoms with Crippen LogP contribution in [0.15, 0.2) is 11.6 Å². The Balaban J connectivity index is 1.60. The average molecular weight is 489 g/mol. The number of hydrogen-bond donors (Lipinski definition) is 4. The second-order valence-corrected chi connectivity index (χ2v) is 14.8. The van der Waals surface area contributed by atoms with Crippen molar-refractivity contribution in [2.75, 3.05) is 13.2 Å². The van der Waals surface area contributed by atoms with Gasteiger partial charge in [0, 0.05) is 5.41 Å². The number of fused-ring (bicyclic) bond motifs is 7. The Morgan fingerprint density at radius 1 is 0.914 bits per heavy atom. The third kappa shape index (κ3) is 3.07. The summed E-state index contributed by atoms with van der Waals surface area (Å²) in [6.07, 6.45) is 10.5. The van der Waals surface area contributed by atoms with Crippen molar-refractivity contribution in [1.29, 1.82) is 0 Å². The summed E-state index contributed by atoms with van der Waals surface area (Å²) in [4.78, 5) is 12.8. The highest BCUT2D eigenvalue weighted by Gasteiger charge is 2.70. The van der Waals surface area contributed by atoms with E-state index < -0.39 is 22.9 Å². The highest BCUT2D eigenvalue weighted by Crippen LogP contribution is 2.75. The number of aliphatic carboxylic acids is 1. The number of aliphatic hydroxyl groups excluding tert-OH is 3. The maximum absolute atomic E-state index is 12.8. The Labute approximate surface area is 211 Å². The minimum atomic E-state index is -0.836. The van der Waals surface area contributed by atoms with Gasteiger partial charge < -0.3 is 20.4 Å². The SMILES string of the molecule is CC1(C)CC[C@]2(C(=O)O)CC[C@]3(C)C(=CC[C@@H]4[C@@]5(C)CC[C@H](O)C(CO)(CO)C5CC[C@]43C)[C@H]2C1. The summed E-state index contributed by atoms with van der Waals surface area (Å²) in [5, 5.41) is 42.3. The van der Waals surface area contributed by atoms with Gasteiger partial charge in [0.1, 0.15) is 0 Å². The normalized spacial score (nSPS) is 50.1. The van der Waals surface area contributed by atoms with Crippen LogP contribution in [0.25, 0.3) is 0 Å². The van der Waals surface area contributed by atoms with Gasteiger partial charge in [0.25, 0.3) is 0 Å². The smallest absolute Gasteiger partial charge is 0.310 e. The lowest BCUT2D eigenvalue weighted by Gasteiger charge is -2.71. The van der Waals surface area contributed by atoms with Crippen molar-refractivity contribution in [2.24, 2.45) is 50.2 Å². The van der Waals surface area contributed by atoms with E-state index in [1.54, 1.807) is 0 Å². The fourth-order valence-electron chi connectivity index (χ4n) is 10.7. The molecule has 0 aliphatic heterocycles. The monoisotopic (exact) mass is 488 g/mol. The Hall–Kier alpha value is -0.910. The first-order valence-corrected chi connectivity index (χ1v) is 14.1. The van der Waals surface area contributed by atoms with E-state index in [0.29, 0.717) is 12.3 Å². The van der Waals surface area contributed by atoms with E-state index >= 15 is 0 Å². The van der Waals surface area contributed by atoms with Crippen LogP contribution in [0.2, 0.25) is 0 Å². The molecule has 5 nitrogen and oxygen atoms in total. The summed E-state index contributed by atoms with van der Waals surface area (Å²) in [5.74, 6) is -0.0177. The molecule has 0 amide bonds. The Kier molecular flexibility index (Phi) is 5.73. The number of carbonyl (C=O) groups is 1. The first-order valence-electron chi connectivity index (χ1n) is 14.1. The molecule has 1 unspecified atom stereocenters. The molecule has 5 heteroatoms. The van der Waals surface area contributed by atoms with Gasteiger partial charge in [-0.3, -0.25) is 4.79 Å². The highest BCUT2D eigenvalue weighted by atomic mass is 16.4. The van der Waals surface area contributed by atoms with Crippen molar-refractivity contribution in [3.05, 3.63) is 11.6 Å². The number of carboxylic acid groups (broad SMARTS) is 1. The zero-order valence-corrected chi connectivity index (χ0v) is 22.6. The molecule has 8 atom stereocenters. The second kappa shape index (κ2) is 7.80. The van der Waals surface area contributed by atoms with Crippen LogP contribution < -0.4 is 0 Å². The molecule has 5 aliphatic carbocycles. The molecule has 0 bridgehead atoms. The minimum absolute atomic E-state index is 0.0352. The molecule has 0 aromatic carbocycles. The topological polar surface area (TPSA) is 98.0 Å². The van der Waals surface area contributed by atoms with E-state index in [9.17, 15) is 25.2 Å². The summed E-state index contributed by atoms with van der Waals surface area (Å²) in [6, 6.07) is 0. The summed E-state index contributed by atoms with van der Waals surface area (Å²) < 4.78 is 0. The molecule has 4 N–H and O–H groups in total. The van der Waals surface area contributed by atoms with Gasteiger partial charge in [-0.05, 0) is 104 Å². The lowest BCUT2D eigenvalue weighted by atomic mass is 9.33. The van der Waals surface area contributed by atoms with E-state index in [1.165, 1.54) is 5.57 Å². The maximum atomic E-state index is 12.8. The molecular formula is C30H48O5. The fraction of sp³-hybridized carbons (Fsp3) is 0.900. The van der Waals surface area contributed by atoms with Gasteiger partial charge in [0.2, 0.25) is 0 Å². The standard InChI is InChI=1S/C30H48O5/c1-25(2)12-14-29(24(34)35)15-13-27(4)19(20(29)16-25)6-7-21-26(3)10-9-23(33)30(17-31,18-32)22(26)8-11-28(21,27)5/h6,20-23,31-33H,7-18H2,1-5H3,(H,34,35)/t20-,21-,22?,23+,26-,27-,28-,29+/m1/s1. The summed E-state index contributed by atoms with van der Waals surface area (Å²) in [6.45, 7) is 11.5. The number of aliphatic hydroxyl groups is 3. The maximum Gasteiger partial charge on any atom is 0.310 e. The van der Waals surface area contributed by atoms with Gasteiger partial charge in [0.05, 0.1) is 24.7 Å². The molecule has 0 radical (unpaired) electrons. The van der Waals surface area contributed by atoms with Crippen LogP contribution in [-0.4, -0.2) is 45.7 Å². The predicted octanol–water partition coefficient (Wildman–Crippen LogP) is 5.18. The molecule has 0 heterocycles. The van der Waals surface area contributed by atoms with Crippen molar-refractivity contribution in [1.82, 2.24) is 0 Å². The fourth-order valence-corrected chi connectivity index (χ4v) is 10.7. The Bertz CT molecular complexity index is 920. The van der Waals surface area contributed by atoms with Crippen LogP contribution in [0, 0.1) is 50.2 Å². The zero-order chi connectivity index (χ0) is 25.7. The van der Waals surface area contributed by atoms with E-state index in [-0.39, 0.29) is 46.7 Å². The molecule has 4 saturated carbocycles. The van der Waals surface area contributed by atoms with Crippen LogP contribution in [0.3, 0.4) is 0 Å². The van der Waals surface area contributed by atoms with Gasteiger partial charge in [-0.25, -0.2) is 0 Å². The molecule has 198 valence electrons. The lowest BCUT2D eigenvalue weighted by molar-refractivity contribution is -0.230. The van der Waals surface area contributed by atoms with Crippen molar-refractivity contribution < 1.29 is 25.2 Å². The van der Waals surface area contributed by atoms with Crippen molar-refractivity contribution in [3.63, 3.8) is 0 Å². The molecule has 35 heavy (non-hydrogen) atoms. The van der Waals surface area contributed by atoms with Crippen LogP contribution >= 0.6 is 0 Å². The largest absolute Gasteiger partial charge is 0.481 e. The quantitative estimate of drug-likeness (QED) is 0.411. The third-order valence-corrected chi connectivity index (χ3v) is 13.2. The van der Waals surface area contributed by atoms with Crippen molar-refractivity contribution in [3.8, 4) is 0 Å². The Morgan fingerprint density at radius 2 is 1.57 bits per heavy atom.